The predicted octanol–water partition coefficient (Wildman–Crippen LogP) is 6.46. The van der Waals surface area contributed by atoms with Crippen LogP contribution in [-0.4, -0.2) is 0 Å². The van der Waals surface area contributed by atoms with Gasteiger partial charge >= 0.3 is 0 Å². The molecule has 3 heteroatoms. The summed E-state index contributed by atoms with van der Waals surface area (Å²) in [5.41, 5.74) is 7.83. The molecule has 0 spiro atoms. The van der Waals surface area contributed by atoms with E-state index in [9.17, 15) is 0 Å². The molecule has 3 aromatic rings. The summed E-state index contributed by atoms with van der Waals surface area (Å²) in [4.78, 5) is 0. The normalized spacial score (nSPS) is 8.45. The van der Waals surface area contributed by atoms with E-state index in [-0.39, 0.29) is 0 Å². The summed E-state index contributed by atoms with van der Waals surface area (Å²) in [7, 11) is 6.17. The Morgan fingerprint density at radius 1 is 0.424 bits per heavy atom. The van der Waals surface area contributed by atoms with E-state index in [2.05, 4.69) is 131 Å². The van der Waals surface area contributed by atoms with Gasteiger partial charge in [0.2, 0.25) is 0 Å². The van der Waals surface area contributed by atoms with E-state index in [1.54, 1.807) is 0 Å². The Labute approximate surface area is 206 Å². The molecular formula is C30H54N3+3. The summed E-state index contributed by atoms with van der Waals surface area (Å²) in [6, 6.07) is 12.8. The van der Waals surface area contributed by atoms with E-state index >= 15 is 0 Å². The maximum atomic E-state index is 2.17. The van der Waals surface area contributed by atoms with Crippen LogP contribution in [0.25, 0.3) is 0 Å². The van der Waals surface area contributed by atoms with Gasteiger partial charge in [-0.15, -0.1) is 0 Å². The molecule has 0 N–H and O–H groups in total. The lowest BCUT2D eigenvalue weighted by Gasteiger charge is -1.92. The molecular weight excluding hydrogens is 402 g/mol. The van der Waals surface area contributed by atoms with Crippen molar-refractivity contribution in [1.82, 2.24) is 0 Å². The van der Waals surface area contributed by atoms with E-state index in [0.29, 0.717) is 0 Å². The molecule has 3 aromatic heterocycles. The fourth-order valence-corrected chi connectivity index (χ4v) is 2.47. The highest BCUT2D eigenvalue weighted by atomic mass is 14.9. The van der Waals surface area contributed by atoms with Gasteiger partial charge in [-0.3, -0.25) is 0 Å². The third-order valence-electron chi connectivity index (χ3n) is 4.64. The number of hydrogen-bond acceptors (Lipinski definition) is 0. The molecule has 0 fully saturated rings. The van der Waals surface area contributed by atoms with Gasteiger partial charge in [-0.05, 0) is 38.5 Å². The molecule has 0 radical (unpaired) electrons. The van der Waals surface area contributed by atoms with E-state index < -0.39 is 0 Å². The van der Waals surface area contributed by atoms with Crippen LogP contribution in [0.2, 0.25) is 0 Å². The highest BCUT2D eigenvalue weighted by Gasteiger charge is 1.98. The van der Waals surface area contributed by atoms with Gasteiger partial charge in [0.1, 0.15) is 21.1 Å². The maximum absolute atomic E-state index is 2.17. The highest BCUT2D eigenvalue weighted by Crippen LogP contribution is 1.95. The minimum Gasteiger partial charge on any atom is -0.205 e. The van der Waals surface area contributed by atoms with Crippen molar-refractivity contribution >= 4 is 0 Å². The van der Waals surface area contributed by atoms with Crippen molar-refractivity contribution in [2.75, 3.05) is 0 Å². The molecule has 0 atom stereocenters. The third-order valence-corrected chi connectivity index (χ3v) is 4.64. The zero-order valence-corrected chi connectivity index (χ0v) is 24.5. The van der Waals surface area contributed by atoms with Gasteiger partial charge in [0, 0.05) is 56.2 Å². The molecule has 186 valence electrons. The number of rotatable bonds is 0. The van der Waals surface area contributed by atoms with Crippen molar-refractivity contribution in [3.8, 4) is 0 Å². The monoisotopic (exact) mass is 456 g/mol. The molecule has 0 unspecified atom stereocenters. The summed E-state index contributed by atoms with van der Waals surface area (Å²) < 4.78 is 6.34. The summed E-state index contributed by atoms with van der Waals surface area (Å²) >= 11 is 0. The summed E-state index contributed by atoms with van der Waals surface area (Å²) in [6.45, 7) is 24.6. The molecule has 33 heavy (non-hydrogen) atoms. The Balaban J connectivity index is -0.000000367. The van der Waals surface area contributed by atoms with Crippen molar-refractivity contribution in [2.24, 2.45) is 21.1 Å². The van der Waals surface area contributed by atoms with Gasteiger partial charge in [0.05, 0.1) is 0 Å². The highest BCUT2D eigenvalue weighted by molar-refractivity contribution is 5.08. The first-order valence-corrected chi connectivity index (χ1v) is 12.4. The van der Waals surface area contributed by atoms with Crippen LogP contribution in [0.1, 0.15) is 75.3 Å². The van der Waals surface area contributed by atoms with Crippen LogP contribution in [-0.2, 0) is 21.1 Å². The first-order chi connectivity index (χ1) is 15.6. The lowest BCUT2D eigenvalue weighted by Crippen LogP contribution is -2.31. The third kappa shape index (κ3) is 16.7. The molecule has 3 rings (SSSR count). The van der Waals surface area contributed by atoms with Gasteiger partial charge in [-0.25, -0.2) is 13.7 Å². The van der Waals surface area contributed by atoms with Gasteiger partial charge < -0.3 is 0 Å². The lowest BCUT2D eigenvalue weighted by atomic mass is 10.2. The summed E-state index contributed by atoms with van der Waals surface area (Å²) in [5.74, 6) is 0. The summed E-state index contributed by atoms with van der Waals surface area (Å²) in [6.07, 6.45) is 6.31. The van der Waals surface area contributed by atoms with E-state index in [1.165, 1.54) is 33.8 Å². The van der Waals surface area contributed by atoms with Crippen molar-refractivity contribution < 1.29 is 13.7 Å². The fourth-order valence-electron chi connectivity index (χ4n) is 2.47. The molecule has 0 amide bonds. The zero-order valence-electron chi connectivity index (χ0n) is 24.5. The van der Waals surface area contributed by atoms with Crippen LogP contribution in [0.4, 0.5) is 0 Å². The quantitative estimate of drug-likeness (QED) is 0.344. The SMILES string of the molecule is CC.CC.CC.Cc1cc[n+](C)c(C)c1.Cc1ccc(C)[n+](C)c1.Cc1ccc(C)[n+](C)c1. The first-order valence-electron chi connectivity index (χ1n) is 12.4. The van der Waals surface area contributed by atoms with Crippen LogP contribution in [0.5, 0.6) is 0 Å². The number of aromatic nitrogens is 3. The van der Waals surface area contributed by atoms with Gasteiger partial charge in [-0.2, -0.15) is 0 Å². The number of pyridine rings is 3. The van der Waals surface area contributed by atoms with Crippen LogP contribution < -0.4 is 13.7 Å². The second kappa shape index (κ2) is 21.3. The first kappa shape index (κ1) is 35.0. The van der Waals surface area contributed by atoms with Gasteiger partial charge in [0.15, 0.2) is 35.7 Å². The van der Waals surface area contributed by atoms with Crippen molar-refractivity contribution in [3.05, 3.63) is 88.8 Å². The number of hydrogen-bond donors (Lipinski definition) is 0. The fraction of sp³-hybridized carbons (Fsp3) is 0.500. The average molecular weight is 457 g/mol. The zero-order chi connectivity index (χ0) is 26.6. The van der Waals surface area contributed by atoms with Crippen LogP contribution in [0, 0.1) is 41.5 Å². The van der Waals surface area contributed by atoms with Crippen molar-refractivity contribution in [1.29, 1.82) is 0 Å². The Morgan fingerprint density at radius 3 is 1.03 bits per heavy atom. The topological polar surface area (TPSA) is 11.6 Å². The number of aryl methyl sites for hydroxylation is 9. The van der Waals surface area contributed by atoms with Crippen LogP contribution in [0.3, 0.4) is 0 Å². The lowest BCUT2D eigenvalue weighted by molar-refractivity contribution is -0.678. The van der Waals surface area contributed by atoms with E-state index in [1.807, 2.05) is 41.5 Å². The molecule has 0 aliphatic carbocycles. The Hall–Kier alpha value is -2.55. The Morgan fingerprint density at radius 2 is 0.788 bits per heavy atom. The van der Waals surface area contributed by atoms with Crippen molar-refractivity contribution in [2.45, 2.75) is 83.1 Å². The molecule has 3 nitrogen and oxygen atoms in total. The second-order valence-corrected chi connectivity index (χ2v) is 7.37. The molecule has 0 saturated carbocycles. The predicted molar refractivity (Wildman–Crippen MR) is 145 cm³/mol. The molecule has 0 aliphatic rings. The minimum absolute atomic E-state index is 1.29. The molecule has 0 bridgehead atoms. The smallest absolute Gasteiger partial charge is 0.178 e. The molecule has 0 aromatic carbocycles. The standard InChI is InChI=1S/3C8H12N.3C2H6/c1-7-4-5-9(3)8(2)6-7;2*1-7-4-5-8(2)9(3)6-7;3*1-2/h3*4-6H,1-3H3;3*1-2H3/q3*+1;;;. The Bertz CT molecular complexity index is 766. The molecule has 0 saturated heterocycles. The van der Waals surface area contributed by atoms with Crippen molar-refractivity contribution in [3.63, 3.8) is 0 Å². The van der Waals surface area contributed by atoms with Crippen LogP contribution in [0.15, 0.2) is 55.0 Å². The van der Waals surface area contributed by atoms with E-state index in [4.69, 9.17) is 0 Å². The average Bonchev–Trinajstić information content (AvgIpc) is 2.81. The second-order valence-electron chi connectivity index (χ2n) is 7.37. The summed E-state index contributed by atoms with van der Waals surface area (Å²) in [5, 5.41) is 0. The molecule has 0 aliphatic heterocycles. The van der Waals surface area contributed by atoms with Crippen LogP contribution >= 0.6 is 0 Å². The molecule has 3 heterocycles. The number of nitrogens with zero attached hydrogens (tertiary/aromatic N) is 3. The van der Waals surface area contributed by atoms with Gasteiger partial charge in [0.25, 0.3) is 0 Å². The van der Waals surface area contributed by atoms with E-state index in [0.717, 1.165) is 0 Å². The van der Waals surface area contributed by atoms with Gasteiger partial charge in [-0.1, -0.05) is 41.5 Å². The Kier molecular flexibility index (Phi) is 22.6. The minimum atomic E-state index is 1.29. The largest absolute Gasteiger partial charge is 0.205 e. The maximum Gasteiger partial charge on any atom is 0.178 e.